The van der Waals surface area contributed by atoms with Gasteiger partial charge in [-0.05, 0) is 28.8 Å². The minimum Gasteiger partial charge on any atom is -0.467 e. The largest absolute Gasteiger partial charge is 0.467 e. The fraction of sp³-hybridized carbons (Fsp3) is 0.316. The van der Waals surface area contributed by atoms with E-state index in [1.165, 1.54) is 22.5 Å². The number of hydrogen-bond acceptors (Lipinski definition) is 5. The molecule has 0 aliphatic carbocycles. The number of nitrogens with zero attached hydrogens (tertiary/aromatic N) is 4. The van der Waals surface area contributed by atoms with Crippen LogP contribution in [0, 0.1) is 5.82 Å². The van der Waals surface area contributed by atoms with Crippen molar-refractivity contribution in [1.82, 2.24) is 20.2 Å². The summed E-state index contributed by atoms with van der Waals surface area (Å²) in [6, 6.07) is 11.0. The van der Waals surface area contributed by atoms with Crippen molar-refractivity contribution in [2.24, 2.45) is 0 Å². The molecule has 6 nitrogen and oxygen atoms in total. The minimum absolute atomic E-state index is 0.157. The van der Waals surface area contributed by atoms with E-state index in [0.717, 1.165) is 5.56 Å². The summed E-state index contributed by atoms with van der Waals surface area (Å²) >= 11 is 0. The molecule has 26 heavy (non-hydrogen) atoms. The second-order valence-corrected chi connectivity index (χ2v) is 6.58. The van der Waals surface area contributed by atoms with E-state index < -0.39 is 0 Å². The Balaban J connectivity index is 1.58. The first-order valence-corrected chi connectivity index (χ1v) is 8.50. The summed E-state index contributed by atoms with van der Waals surface area (Å²) in [6.45, 7) is 5.06. The molecule has 2 aromatic carbocycles. The summed E-state index contributed by atoms with van der Waals surface area (Å²) in [5.74, 6) is 1.31. The van der Waals surface area contributed by atoms with Gasteiger partial charge in [0.1, 0.15) is 11.6 Å². The molecule has 1 aliphatic rings. The number of tetrazole rings is 1. The van der Waals surface area contributed by atoms with E-state index in [1.54, 1.807) is 0 Å². The molecule has 0 radical (unpaired) electrons. The molecule has 0 atom stereocenters. The van der Waals surface area contributed by atoms with Gasteiger partial charge in [0.2, 0.25) is 5.82 Å². The van der Waals surface area contributed by atoms with Crippen LogP contribution in [-0.4, -0.2) is 27.0 Å². The van der Waals surface area contributed by atoms with Crippen molar-refractivity contribution < 1.29 is 13.9 Å². The van der Waals surface area contributed by atoms with Crippen LogP contribution in [0.3, 0.4) is 0 Å². The van der Waals surface area contributed by atoms with Crippen LogP contribution in [0.1, 0.15) is 36.5 Å². The van der Waals surface area contributed by atoms with Crippen LogP contribution in [0.5, 0.6) is 5.75 Å². The van der Waals surface area contributed by atoms with Crippen molar-refractivity contribution in [2.75, 3.05) is 6.79 Å². The van der Waals surface area contributed by atoms with Crippen LogP contribution in [0.4, 0.5) is 4.39 Å². The maximum absolute atomic E-state index is 13.9. The van der Waals surface area contributed by atoms with Gasteiger partial charge in [-0.3, -0.25) is 0 Å². The van der Waals surface area contributed by atoms with Crippen LogP contribution < -0.4 is 4.74 Å². The van der Waals surface area contributed by atoms with Crippen molar-refractivity contribution in [3.63, 3.8) is 0 Å². The monoisotopic (exact) mass is 354 g/mol. The molecule has 1 aliphatic heterocycles. The van der Waals surface area contributed by atoms with Crippen LogP contribution >= 0.6 is 0 Å². The molecule has 0 saturated heterocycles. The van der Waals surface area contributed by atoms with Gasteiger partial charge < -0.3 is 9.47 Å². The summed E-state index contributed by atoms with van der Waals surface area (Å²) in [5, 5.41) is 12.6. The van der Waals surface area contributed by atoms with E-state index in [1.807, 2.05) is 12.1 Å². The average Bonchev–Trinajstić information content (AvgIpc) is 3.10. The topological polar surface area (TPSA) is 62.1 Å². The number of fused-ring (bicyclic) bond motifs is 1. The highest BCUT2D eigenvalue weighted by Crippen LogP contribution is 2.30. The first kappa shape index (κ1) is 16.7. The highest BCUT2D eigenvalue weighted by atomic mass is 19.1. The quantitative estimate of drug-likeness (QED) is 0.717. The Kier molecular flexibility index (Phi) is 4.38. The van der Waals surface area contributed by atoms with Crippen molar-refractivity contribution in [3.05, 3.63) is 58.9 Å². The van der Waals surface area contributed by atoms with Crippen molar-refractivity contribution in [3.8, 4) is 17.1 Å². The Bertz CT molecular complexity index is 922. The molecule has 7 heteroatoms. The molecule has 0 amide bonds. The molecular formula is C19H19FN4O2. The average molecular weight is 354 g/mol. The normalized spacial score (nSPS) is 13.5. The number of benzene rings is 2. The molecule has 0 bridgehead atoms. The standard InChI is InChI=1S/C19H19FN4O2/c1-12(2)13-3-5-14(6-4-13)19-21-23-24(22-19)9-15-7-17(20)8-16-10-25-11-26-18(15)16/h3-8,12H,9-11H2,1-2H3. The van der Waals surface area contributed by atoms with Crippen LogP contribution in [-0.2, 0) is 17.9 Å². The lowest BCUT2D eigenvalue weighted by Crippen LogP contribution is -2.15. The predicted molar refractivity (Wildman–Crippen MR) is 93.1 cm³/mol. The van der Waals surface area contributed by atoms with Gasteiger partial charge in [0, 0.05) is 16.7 Å². The van der Waals surface area contributed by atoms with E-state index in [-0.39, 0.29) is 19.2 Å². The Hall–Kier alpha value is -2.80. The molecule has 3 aromatic rings. The van der Waals surface area contributed by atoms with Crippen LogP contribution in [0.15, 0.2) is 36.4 Å². The summed E-state index contributed by atoms with van der Waals surface area (Å²) in [5.41, 5.74) is 3.51. The molecule has 0 saturated carbocycles. The first-order chi connectivity index (χ1) is 12.6. The number of ether oxygens (including phenoxy) is 2. The number of hydrogen-bond donors (Lipinski definition) is 0. The molecule has 2 heterocycles. The Labute approximate surface area is 150 Å². The maximum atomic E-state index is 13.9. The Morgan fingerprint density at radius 3 is 2.77 bits per heavy atom. The zero-order valence-corrected chi connectivity index (χ0v) is 14.6. The van der Waals surface area contributed by atoms with Gasteiger partial charge in [-0.25, -0.2) is 4.39 Å². The molecule has 0 fully saturated rings. The second kappa shape index (κ2) is 6.84. The molecule has 0 N–H and O–H groups in total. The van der Waals surface area contributed by atoms with Gasteiger partial charge in [-0.15, -0.1) is 10.2 Å². The van der Waals surface area contributed by atoms with Crippen molar-refractivity contribution in [2.45, 2.75) is 32.9 Å². The Morgan fingerprint density at radius 1 is 1.19 bits per heavy atom. The van der Waals surface area contributed by atoms with E-state index in [4.69, 9.17) is 9.47 Å². The van der Waals surface area contributed by atoms with Gasteiger partial charge in [-0.1, -0.05) is 38.1 Å². The molecule has 1 aromatic heterocycles. The summed E-state index contributed by atoms with van der Waals surface area (Å²) < 4.78 is 24.6. The third-order valence-electron chi connectivity index (χ3n) is 4.35. The van der Waals surface area contributed by atoms with Gasteiger partial charge in [0.25, 0.3) is 0 Å². The highest BCUT2D eigenvalue weighted by molar-refractivity contribution is 5.54. The number of rotatable bonds is 4. The second-order valence-electron chi connectivity index (χ2n) is 6.58. The molecule has 4 rings (SSSR count). The van der Waals surface area contributed by atoms with E-state index >= 15 is 0 Å². The van der Waals surface area contributed by atoms with Crippen molar-refractivity contribution >= 4 is 0 Å². The van der Waals surface area contributed by atoms with Gasteiger partial charge >= 0.3 is 0 Å². The smallest absolute Gasteiger partial charge is 0.204 e. The SMILES string of the molecule is CC(C)c1ccc(-c2nnn(Cc3cc(F)cc4c3OCOC4)n2)cc1. The van der Waals surface area contributed by atoms with E-state index in [2.05, 4.69) is 41.4 Å². The fourth-order valence-electron chi connectivity index (χ4n) is 2.97. The molecule has 0 unspecified atom stereocenters. The zero-order valence-electron chi connectivity index (χ0n) is 14.6. The zero-order chi connectivity index (χ0) is 18.1. The van der Waals surface area contributed by atoms with Crippen molar-refractivity contribution in [1.29, 1.82) is 0 Å². The molecular weight excluding hydrogens is 335 g/mol. The third kappa shape index (κ3) is 3.30. The maximum Gasteiger partial charge on any atom is 0.204 e. The van der Waals surface area contributed by atoms with Gasteiger partial charge in [0.15, 0.2) is 6.79 Å². The van der Waals surface area contributed by atoms with Gasteiger partial charge in [0.05, 0.1) is 13.2 Å². The number of aromatic nitrogens is 4. The lowest BCUT2D eigenvalue weighted by atomic mass is 10.0. The van der Waals surface area contributed by atoms with Crippen LogP contribution in [0.25, 0.3) is 11.4 Å². The summed E-state index contributed by atoms with van der Waals surface area (Å²) in [7, 11) is 0. The fourth-order valence-corrected chi connectivity index (χ4v) is 2.97. The van der Waals surface area contributed by atoms with Gasteiger partial charge in [-0.2, -0.15) is 4.80 Å². The molecule has 134 valence electrons. The first-order valence-electron chi connectivity index (χ1n) is 8.50. The number of halogens is 1. The molecule has 0 spiro atoms. The summed E-state index contributed by atoms with van der Waals surface area (Å²) in [4.78, 5) is 1.44. The highest BCUT2D eigenvalue weighted by Gasteiger charge is 2.18. The Morgan fingerprint density at radius 2 is 2.00 bits per heavy atom. The van der Waals surface area contributed by atoms with E-state index in [0.29, 0.717) is 35.2 Å². The predicted octanol–water partition coefficient (Wildman–Crippen LogP) is 3.52. The van der Waals surface area contributed by atoms with Crippen LogP contribution in [0.2, 0.25) is 0 Å². The lowest BCUT2D eigenvalue weighted by molar-refractivity contribution is -0.0173. The van der Waals surface area contributed by atoms with E-state index in [9.17, 15) is 4.39 Å². The minimum atomic E-state index is -0.336. The lowest BCUT2D eigenvalue weighted by Gasteiger charge is -2.20. The summed E-state index contributed by atoms with van der Waals surface area (Å²) in [6.07, 6.45) is 0. The third-order valence-corrected chi connectivity index (χ3v) is 4.35.